The number of rotatable bonds is 6. The maximum atomic E-state index is 13.5. The number of nitrogens with one attached hydrogen (secondary N) is 1. The van der Waals surface area contributed by atoms with E-state index in [1.165, 1.54) is 0 Å². The van der Waals surface area contributed by atoms with Crippen LogP contribution < -0.4 is 11.1 Å². The van der Waals surface area contributed by atoms with Crippen molar-refractivity contribution in [1.29, 1.82) is 0 Å². The van der Waals surface area contributed by atoms with Crippen LogP contribution in [0.15, 0.2) is 17.0 Å². The SMILES string of the molecule is CCC(CC)NC(=O)CSc1c(F)cc(N)cc1F. The Morgan fingerprint density at radius 2 is 1.84 bits per heavy atom. The summed E-state index contributed by atoms with van der Waals surface area (Å²) < 4.78 is 27.0. The van der Waals surface area contributed by atoms with Crippen LogP contribution in [0, 0.1) is 11.6 Å². The van der Waals surface area contributed by atoms with E-state index in [1.54, 1.807) is 0 Å². The maximum absolute atomic E-state index is 13.5. The number of amides is 1. The van der Waals surface area contributed by atoms with Crippen molar-refractivity contribution in [1.82, 2.24) is 5.32 Å². The number of carbonyl (C=O) groups is 1. The molecule has 3 nitrogen and oxygen atoms in total. The first kappa shape index (κ1) is 15.8. The molecule has 1 aromatic carbocycles. The Labute approximate surface area is 115 Å². The highest BCUT2D eigenvalue weighted by Crippen LogP contribution is 2.27. The summed E-state index contributed by atoms with van der Waals surface area (Å²) in [6.07, 6.45) is 1.66. The molecule has 0 heterocycles. The minimum absolute atomic E-state index is 0.0196. The average molecular weight is 288 g/mol. The van der Waals surface area contributed by atoms with E-state index in [0.717, 1.165) is 36.7 Å². The third-order valence-corrected chi connectivity index (χ3v) is 3.80. The molecular formula is C13H18F2N2OS. The van der Waals surface area contributed by atoms with Gasteiger partial charge < -0.3 is 11.1 Å². The second-order valence-corrected chi connectivity index (χ2v) is 5.17. The van der Waals surface area contributed by atoms with E-state index < -0.39 is 11.6 Å². The Morgan fingerprint density at radius 1 is 1.32 bits per heavy atom. The molecule has 1 amide bonds. The predicted octanol–water partition coefficient (Wildman–Crippen LogP) is 2.94. The zero-order valence-corrected chi connectivity index (χ0v) is 11.8. The fourth-order valence-electron chi connectivity index (χ4n) is 1.62. The number of anilines is 1. The van der Waals surface area contributed by atoms with Gasteiger partial charge in [-0.05, 0) is 25.0 Å². The molecule has 0 aliphatic carbocycles. The molecule has 0 fully saturated rings. The number of carbonyl (C=O) groups excluding carboxylic acids is 1. The molecule has 106 valence electrons. The lowest BCUT2D eigenvalue weighted by Gasteiger charge is -2.14. The van der Waals surface area contributed by atoms with Gasteiger partial charge in [0.05, 0.1) is 10.6 Å². The Bertz CT molecular complexity index is 427. The minimum atomic E-state index is -0.738. The molecule has 0 spiro atoms. The van der Waals surface area contributed by atoms with Gasteiger partial charge in [0, 0.05) is 11.7 Å². The second kappa shape index (κ2) is 7.33. The molecule has 0 atom stereocenters. The van der Waals surface area contributed by atoms with Gasteiger partial charge in [0.15, 0.2) is 0 Å². The van der Waals surface area contributed by atoms with Crippen molar-refractivity contribution >= 4 is 23.4 Å². The summed E-state index contributed by atoms with van der Waals surface area (Å²) in [6, 6.07) is 2.20. The van der Waals surface area contributed by atoms with Gasteiger partial charge in [-0.15, -0.1) is 11.8 Å². The number of nitrogen functional groups attached to an aromatic ring is 1. The van der Waals surface area contributed by atoms with E-state index in [9.17, 15) is 13.6 Å². The summed E-state index contributed by atoms with van der Waals surface area (Å²) in [7, 11) is 0. The van der Waals surface area contributed by atoms with E-state index in [-0.39, 0.29) is 28.3 Å². The van der Waals surface area contributed by atoms with Crippen molar-refractivity contribution in [3.05, 3.63) is 23.8 Å². The molecule has 0 aliphatic rings. The molecule has 0 aromatic heterocycles. The van der Waals surface area contributed by atoms with Crippen molar-refractivity contribution in [3.63, 3.8) is 0 Å². The van der Waals surface area contributed by atoms with Gasteiger partial charge >= 0.3 is 0 Å². The number of nitrogens with two attached hydrogens (primary N) is 1. The molecule has 0 saturated carbocycles. The fraction of sp³-hybridized carbons (Fsp3) is 0.462. The average Bonchev–Trinajstić information content (AvgIpc) is 2.34. The largest absolute Gasteiger partial charge is 0.399 e. The summed E-state index contributed by atoms with van der Waals surface area (Å²) >= 11 is 0.836. The first-order valence-electron chi connectivity index (χ1n) is 6.14. The highest BCUT2D eigenvalue weighted by molar-refractivity contribution is 8.00. The second-order valence-electron chi connectivity index (χ2n) is 4.18. The number of thioether (sulfide) groups is 1. The molecular weight excluding hydrogens is 270 g/mol. The Kier molecular flexibility index (Phi) is 6.08. The molecule has 3 N–H and O–H groups in total. The van der Waals surface area contributed by atoms with Gasteiger partial charge in [0.2, 0.25) is 5.91 Å². The van der Waals surface area contributed by atoms with Crippen LogP contribution in [0.2, 0.25) is 0 Å². The summed E-state index contributed by atoms with van der Waals surface area (Å²) in [6.45, 7) is 3.95. The maximum Gasteiger partial charge on any atom is 0.230 e. The lowest BCUT2D eigenvalue weighted by molar-refractivity contribution is -0.119. The van der Waals surface area contributed by atoms with Gasteiger partial charge in [-0.1, -0.05) is 13.8 Å². The molecule has 0 bridgehead atoms. The summed E-state index contributed by atoms with van der Waals surface area (Å²) in [5, 5.41) is 2.81. The van der Waals surface area contributed by atoms with Gasteiger partial charge in [-0.3, -0.25) is 4.79 Å². The highest BCUT2D eigenvalue weighted by Gasteiger charge is 2.14. The Balaban J connectivity index is 2.60. The molecule has 6 heteroatoms. The van der Waals surface area contributed by atoms with E-state index in [0.29, 0.717) is 0 Å². The van der Waals surface area contributed by atoms with Crippen molar-refractivity contribution in [2.75, 3.05) is 11.5 Å². The van der Waals surface area contributed by atoms with Gasteiger partial charge in [0.1, 0.15) is 11.6 Å². The standard InChI is InChI=1S/C13H18F2N2OS/c1-3-9(4-2)17-12(18)7-19-13-10(14)5-8(16)6-11(13)15/h5-6,9H,3-4,7,16H2,1-2H3,(H,17,18). The van der Waals surface area contributed by atoms with Crippen molar-refractivity contribution < 1.29 is 13.6 Å². The number of hydrogen-bond donors (Lipinski definition) is 2. The monoisotopic (exact) mass is 288 g/mol. The van der Waals surface area contributed by atoms with Crippen molar-refractivity contribution in [2.24, 2.45) is 0 Å². The van der Waals surface area contributed by atoms with Crippen LogP contribution in [0.4, 0.5) is 14.5 Å². The van der Waals surface area contributed by atoms with Crippen LogP contribution in [0.5, 0.6) is 0 Å². The topological polar surface area (TPSA) is 55.1 Å². The Hall–Kier alpha value is -1.30. The van der Waals surface area contributed by atoms with E-state index in [1.807, 2.05) is 13.8 Å². The first-order chi connectivity index (χ1) is 8.97. The van der Waals surface area contributed by atoms with E-state index >= 15 is 0 Å². The third kappa shape index (κ3) is 4.70. The summed E-state index contributed by atoms with van der Waals surface area (Å²) in [4.78, 5) is 11.5. The van der Waals surface area contributed by atoms with E-state index in [4.69, 9.17) is 5.73 Å². The van der Waals surface area contributed by atoms with Gasteiger partial charge in [-0.25, -0.2) is 8.78 Å². The van der Waals surface area contributed by atoms with Crippen LogP contribution >= 0.6 is 11.8 Å². The zero-order chi connectivity index (χ0) is 14.4. The van der Waals surface area contributed by atoms with E-state index in [2.05, 4.69) is 5.32 Å². The quantitative estimate of drug-likeness (QED) is 0.625. The van der Waals surface area contributed by atoms with Gasteiger partial charge in [0.25, 0.3) is 0 Å². The molecule has 0 saturated heterocycles. The number of halogens is 2. The Morgan fingerprint density at radius 3 is 2.32 bits per heavy atom. The highest BCUT2D eigenvalue weighted by atomic mass is 32.2. The fourth-order valence-corrected chi connectivity index (χ4v) is 2.37. The van der Waals surface area contributed by atoms with Crippen LogP contribution in [0.3, 0.4) is 0 Å². The molecule has 19 heavy (non-hydrogen) atoms. The number of hydrogen-bond acceptors (Lipinski definition) is 3. The molecule has 1 aromatic rings. The van der Waals surface area contributed by atoms with Crippen LogP contribution in [0.25, 0.3) is 0 Å². The first-order valence-corrected chi connectivity index (χ1v) is 7.13. The summed E-state index contributed by atoms with van der Waals surface area (Å²) in [5.41, 5.74) is 5.35. The zero-order valence-electron chi connectivity index (χ0n) is 11.0. The minimum Gasteiger partial charge on any atom is -0.399 e. The molecule has 0 unspecified atom stereocenters. The normalized spacial score (nSPS) is 10.8. The van der Waals surface area contributed by atoms with Crippen LogP contribution in [-0.4, -0.2) is 17.7 Å². The van der Waals surface area contributed by atoms with Gasteiger partial charge in [-0.2, -0.15) is 0 Å². The number of benzene rings is 1. The third-order valence-electron chi connectivity index (χ3n) is 2.72. The van der Waals surface area contributed by atoms with Crippen molar-refractivity contribution in [3.8, 4) is 0 Å². The molecule has 0 aliphatic heterocycles. The van der Waals surface area contributed by atoms with Crippen molar-refractivity contribution in [2.45, 2.75) is 37.6 Å². The van der Waals surface area contributed by atoms with Crippen LogP contribution in [-0.2, 0) is 4.79 Å². The van der Waals surface area contributed by atoms with Crippen LogP contribution in [0.1, 0.15) is 26.7 Å². The smallest absolute Gasteiger partial charge is 0.230 e. The molecule has 1 rings (SSSR count). The lowest BCUT2D eigenvalue weighted by Crippen LogP contribution is -2.35. The molecule has 0 radical (unpaired) electrons. The predicted molar refractivity (Wildman–Crippen MR) is 74.0 cm³/mol. The summed E-state index contributed by atoms with van der Waals surface area (Å²) in [5.74, 6) is -1.72. The lowest BCUT2D eigenvalue weighted by atomic mass is 10.2.